The van der Waals surface area contributed by atoms with Gasteiger partial charge in [-0.1, -0.05) is 140 Å². The Morgan fingerprint density at radius 2 is 1.39 bits per heavy atom. The molecule has 0 bridgehead atoms. The molecule has 3 N–H and O–H groups in total. The number of carbonyl (C=O) groups excluding carboxylic acids is 1. The second kappa shape index (κ2) is 19.6. The Labute approximate surface area is 337 Å². The number of thioether (sulfide) groups is 1. The molecule has 2 heterocycles. The molecule has 57 heavy (non-hydrogen) atoms. The van der Waals surface area contributed by atoms with Gasteiger partial charge in [-0.2, -0.15) is 0 Å². The molecule has 3 atom stereocenters. The summed E-state index contributed by atoms with van der Waals surface area (Å²) >= 11 is 1.52. The van der Waals surface area contributed by atoms with Crippen LogP contribution in [0.25, 0.3) is 33.7 Å². The summed E-state index contributed by atoms with van der Waals surface area (Å²) < 4.78 is 19.8. The Hall–Kier alpha value is -5.52. The van der Waals surface area contributed by atoms with Gasteiger partial charge in [-0.05, 0) is 52.8 Å². The summed E-state index contributed by atoms with van der Waals surface area (Å²) in [5.74, 6) is 0.457. The minimum absolute atomic E-state index is 0.0283. The third-order valence-corrected chi connectivity index (χ3v) is 10.9. The number of oxazole rings is 1. The van der Waals surface area contributed by atoms with Crippen LogP contribution in [0, 0.1) is 0 Å². The summed E-state index contributed by atoms with van der Waals surface area (Å²) in [7, 11) is 0. The van der Waals surface area contributed by atoms with Gasteiger partial charge in [0.25, 0.3) is 5.22 Å². The van der Waals surface area contributed by atoms with Gasteiger partial charge in [-0.15, -0.1) is 0 Å². The molecule has 0 unspecified atom stereocenters. The first-order valence-electron chi connectivity index (χ1n) is 19.3. The Morgan fingerprint density at radius 3 is 2.12 bits per heavy atom. The van der Waals surface area contributed by atoms with Gasteiger partial charge in [0.1, 0.15) is 5.69 Å². The first kappa shape index (κ1) is 39.7. The average Bonchev–Trinajstić information content (AvgIpc) is 3.70. The van der Waals surface area contributed by atoms with Gasteiger partial charge >= 0.3 is 5.97 Å². The van der Waals surface area contributed by atoms with E-state index < -0.39 is 12.3 Å². The number of aliphatic hydroxyl groups excluding tert-OH is 1. The number of hydrogen-bond donors (Lipinski definition) is 3. The fourth-order valence-electron chi connectivity index (χ4n) is 6.88. The zero-order chi connectivity index (χ0) is 39.4. The van der Waals surface area contributed by atoms with E-state index >= 15 is 0 Å². The van der Waals surface area contributed by atoms with Gasteiger partial charge in [0, 0.05) is 48.3 Å². The summed E-state index contributed by atoms with van der Waals surface area (Å²) in [6, 6.07) is 44.2. The molecule has 1 aliphatic heterocycles. The fraction of sp³-hybridized carbons (Fsp3) is 0.255. The highest BCUT2D eigenvalue weighted by atomic mass is 32.2. The molecule has 292 valence electrons. The Bertz CT molecular complexity index is 2170. The van der Waals surface area contributed by atoms with Crippen LogP contribution in [0.5, 0.6) is 0 Å². The molecular weight excluding hydrogens is 737 g/mol. The van der Waals surface area contributed by atoms with E-state index in [0.717, 1.165) is 56.0 Å². The van der Waals surface area contributed by atoms with Gasteiger partial charge in [0.05, 0.1) is 18.8 Å². The fourth-order valence-corrected chi connectivity index (χ4v) is 7.72. The lowest BCUT2D eigenvalue weighted by Gasteiger charge is -2.36. The van der Waals surface area contributed by atoms with Crippen molar-refractivity contribution in [1.29, 1.82) is 0 Å². The molecule has 1 aromatic heterocycles. The standard InChI is InChI=1S/C47H46N2O7S/c50-30-32-22-24-34(25-23-32)41-28-40(31-57-47-49-44(35-13-4-1-5-14-35)45(56-47)36-15-6-2-7-16-36)54-46(55-41)39-19-11-18-38(27-39)37-17-10-12-33(26-37)29-48-42(51)20-8-3-9-21-43(52)53/h1-2,4-7,10-19,22-27,40-41,46,50H,3,8-9,20-21,28-31H2,(H,48,51)(H,52,53)/t40-,41+,46+/m0/s1. The molecule has 6 aromatic rings. The van der Waals surface area contributed by atoms with Crippen molar-refractivity contribution in [2.45, 2.75) is 75.4 Å². The summed E-state index contributed by atoms with van der Waals surface area (Å²) in [5, 5.41) is 22.0. The largest absolute Gasteiger partial charge is 0.481 e. The van der Waals surface area contributed by atoms with Crippen LogP contribution in [-0.4, -0.2) is 38.9 Å². The topological polar surface area (TPSA) is 131 Å². The second-order valence-corrected chi connectivity index (χ2v) is 15.1. The quantitative estimate of drug-likeness (QED) is 0.0611. The lowest BCUT2D eigenvalue weighted by atomic mass is 9.99. The highest BCUT2D eigenvalue weighted by Crippen LogP contribution is 2.41. The van der Waals surface area contributed by atoms with Crippen LogP contribution >= 0.6 is 11.8 Å². The number of nitrogens with zero attached hydrogens (tertiary/aromatic N) is 1. The van der Waals surface area contributed by atoms with Crippen LogP contribution in [0.1, 0.15) is 73.2 Å². The molecule has 1 fully saturated rings. The second-order valence-electron chi connectivity index (χ2n) is 14.1. The third kappa shape index (κ3) is 10.9. The van der Waals surface area contributed by atoms with E-state index in [2.05, 4.69) is 23.5 Å². The van der Waals surface area contributed by atoms with Crippen molar-refractivity contribution in [3.8, 4) is 33.7 Å². The first-order valence-corrected chi connectivity index (χ1v) is 20.3. The number of amides is 1. The number of carboxylic acid groups (broad SMARTS) is 1. The predicted molar refractivity (Wildman–Crippen MR) is 221 cm³/mol. The number of unbranched alkanes of at least 4 members (excludes halogenated alkanes) is 2. The normalized spacial score (nSPS) is 16.6. The summed E-state index contributed by atoms with van der Waals surface area (Å²) in [4.78, 5) is 28.1. The zero-order valence-electron chi connectivity index (χ0n) is 31.6. The van der Waals surface area contributed by atoms with Gasteiger partial charge < -0.3 is 29.4 Å². The van der Waals surface area contributed by atoms with E-state index in [1.54, 1.807) is 0 Å². The molecule has 1 aliphatic rings. The van der Waals surface area contributed by atoms with Crippen LogP contribution < -0.4 is 5.32 Å². The monoisotopic (exact) mass is 782 g/mol. The minimum Gasteiger partial charge on any atom is -0.481 e. The summed E-state index contributed by atoms with van der Waals surface area (Å²) in [6.07, 6.45) is 1.98. The van der Waals surface area contributed by atoms with Crippen molar-refractivity contribution in [3.63, 3.8) is 0 Å². The molecule has 0 spiro atoms. The Kier molecular flexibility index (Phi) is 13.6. The van der Waals surface area contributed by atoms with E-state index in [-0.39, 0.29) is 31.1 Å². The molecule has 10 heteroatoms. The van der Waals surface area contributed by atoms with Gasteiger partial charge in [-0.25, -0.2) is 4.98 Å². The number of hydrogen-bond acceptors (Lipinski definition) is 8. The van der Waals surface area contributed by atoms with E-state index in [0.29, 0.717) is 49.6 Å². The van der Waals surface area contributed by atoms with Crippen molar-refractivity contribution < 1.29 is 33.7 Å². The molecule has 0 aliphatic carbocycles. The summed E-state index contributed by atoms with van der Waals surface area (Å²) in [5.41, 5.74) is 8.44. The van der Waals surface area contributed by atoms with Crippen LogP contribution in [-0.2, 0) is 32.2 Å². The van der Waals surface area contributed by atoms with Gasteiger partial charge in [0.2, 0.25) is 5.91 Å². The Balaban J connectivity index is 1.07. The average molecular weight is 783 g/mol. The zero-order valence-corrected chi connectivity index (χ0v) is 32.4. The SMILES string of the molecule is O=C(O)CCCCCC(=O)NCc1cccc(-c2cccc([C@@H]3O[C@H](CSc4nc(-c5ccccc5)c(-c5ccccc5)o4)C[C@H](c4ccc(CO)cc4)O3)c2)c1. The maximum absolute atomic E-state index is 12.5. The number of aliphatic hydroxyl groups is 1. The van der Waals surface area contributed by atoms with E-state index in [1.165, 1.54) is 11.8 Å². The number of carbonyl (C=O) groups is 2. The number of rotatable bonds is 17. The van der Waals surface area contributed by atoms with E-state index in [4.69, 9.17) is 24.0 Å². The summed E-state index contributed by atoms with van der Waals surface area (Å²) in [6.45, 7) is 0.371. The highest BCUT2D eigenvalue weighted by molar-refractivity contribution is 7.99. The minimum atomic E-state index is -0.809. The molecule has 9 nitrogen and oxygen atoms in total. The van der Waals surface area contributed by atoms with Gasteiger partial charge in [-0.3, -0.25) is 9.59 Å². The smallest absolute Gasteiger partial charge is 0.303 e. The van der Waals surface area contributed by atoms with Crippen molar-refractivity contribution >= 4 is 23.6 Å². The highest BCUT2D eigenvalue weighted by Gasteiger charge is 2.33. The lowest BCUT2D eigenvalue weighted by Crippen LogP contribution is -2.31. The van der Waals surface area contributed by atoms with Crippen molar-refractivity contribution in [2.75, 3.05) is 5.75 Å². The van der Waals surface area contributed by atoms with Crippen molar-refractivity contribution in [3.05, 3.63) is 156 Å². The van der Waals surface area contributed by atoms with Gasteiger partial charge in [0.15, 0.2) is 12.1 Å². The molecular formula is C47H46N2O7S. The van der Waals surface area contributed by atoms with Crippen LogP contribution in [0.3, 0.4) is 0 Å². The first-order chi connectivity index (χ1) is 27.9. The van der Waals surface area contributed by atoms with Crippen molar-refractivity contribution in [1.82, 2.24) is 10.3 Å². The number of nitrogens with one attached hydrogen (secondary N) is 1. The van der Waals surface area contributed by atoms with Crippen LogP contribution in [0.2, 0.25) is 0 Å². The van der Waals surface area contributed by atoms with Crippen LogP contribution in [0.4, 0.5) is 0 Å². The number of aromatic nitrogens is 1. The lowest BCUT2D eigenvalue weighted by molar-refractivity contribution is -0.245. The number of carboxylic acids is 1. The molecule has 1 amide bonds. The molecule has 0 saturated carbocycles. The van der Waals surface area contributed by atoms with E-state index in [9.17, 15) is 14.7 Å². The molecule has 0 radical (unpaired) electrons. The number of ether oxygens (including phenoxy) is 2. The van der Waals surface area contributed by atoms with Crippen molar-refractivity contribution in [2.24, 2.45) is 0 Å². The third-order valence-electron chi connectivity index (χ3n) is 9.90. The maximum atomic E-state index is 12.5. The number of benzene rings is 5. The van der Waals surface area contributed by atoms with E-state index in [1.807, 2.05) is 115 Å². The molecule has 7 rings (SSSR count). The van der Waals surface area contributed by atoms with Crippen LogP contribution in [0.15, 0.2) is 143 Å². The maximum Gasteiger partial charge on any atom is 0.303 e. The molecule has 5 aromatic carbocycles. The predicted octanol–water partition coefficient (Wildman–Crippen LogP) is 10.2. The Morgan fingerprint density at radius 1 is 0.702 bits per heavy atom. The molecule has 1 saturated heterocycles. The number of aliphatic carboxylic acids is 1.